The van der Waals surface area contributed by atoms with Crippen molar-refractivity contribution >= 4 is 34.7 Å². The van der Waals surface area contributed by atoms with Gasteiger partial charge in [-0.3, -0.25) is 9.59 Å². The number of benzene rings is 1. The van der Waals surface area contributed by atoms with Gasteiger partial charge in [-0.2, -0.15) is 0 Å². The molecule has 1 aromatic rings. The van der Waals surface area contributed by atoms with E-state index in [-0.39, 0.29) is 46.8 Å². The van der Waals surface area contributed by atoms with Gasteiger partial charge in [0.2, 0.25) is 11.8 Å². The van der Waals surface area contributed by atoms with E-state index >= 15 is 0 Å². The first kappa shape index (κ1) is 13.6. The topological polar surface area (TPSA) is 63.4 Å². The Kier molecular flexibility index (Phi) is 3.61. The summed E-state index contributed by atoms with van der Waals surface area (Å²) in [6.07, 6.45) is 0.555. The third-order valence-electron chi connectivity index (χ3n) is 3.01. The van der Waals surface area contributed by atoms with Crippen molar-refractivity contribution in [1.29, 1.82) is 0 Å². The van der Waals surface area contributed by atoms with E-state index in [0.29, 0.717) is 0 Å². The van der Waals surface area contributed by atoms with Crippen molar-refractivity contribution in [2.24, 2.45) is 11.7 Å². The fraction of sp³-hybridized carbons (Fsp3) is 0.308. The lowest BCUT2D eigenvalue weighted by atomic mass is 9.96. The van der Waals surface area contributed by atoms with Gasteiger partial charge in [-0.05, 0) is 24.1 Å². The Bertz CT molecular complexity index is 556. The molecule has 19 heavy (non-hydrogen) atoms. The highest BCUT2D eigenvalue weighted by molar-refractivity contribution is 7.80. The lowest BCUT2D eigenvalue weighted by Gasteiger charge is -2.29. The average Bonchev–Trinajstić information content (AvgIpc) is 2.29. The van der Waals surface area contributed by atoms with Gasteiger partial charge in [0.25, 0.3) is 0 Å². The zero-order valence-corrected chi connectivity index (χ0v) is 11.2. The van der Waals surface area contributed by atoms with Crippen LogP contribution < -0.4 is 10.6 Å². The summed E-state index contributed by atoms with van der Waals surface area (Å²) < 4.78 is 13.2. The number of imide groups is 1. The number of nitrogens with zero attached hydrogens (tertiary/aromatic N) is 1. The van der Waals surface area contributed by atoms with Gasteiger partial charge in [0, 0.05) is 18.4 Å². The molecule has 100 valence electrons. The van der Waals surface area contributed by atoms with E-state index in [1.54, 1.807) is 0 Å². The lowest BCUT2D eigenvalue weighted by molar-refractivity contribution is -0.130. The smallest absolute Gasteiger partial charge is 0.234 e. The molecule has 1 heterocycles. The third-order valence-corrected chi connectivity index (χ3v) is 3.23. The molecule has 0 unspecified atom stereocenters. The Morgan fingerprint density at radius 1 is 1.37 bits per heavy atom. The Morgan fingerprint density at radius 2 is 1.95 bits per heavy atom. The van der Waals surface area contributed by atoms with Crippen molar-refractivity contribution < 1.29 is 14.0 Å². The van der Waals surface area contributed by atoms with Crippen LogP contribution >= 0.6 is 12.2 Å². The van der Waals surface area contributed by atoms with Gasteiger partial charge in [0.05, 0.1) is 5.69 Å². The van der Waals surface area contributed by atoms with Crippen LogP contribution in [0.4, 0.5) is 10.1 Å². The van der Waals surface area contributed by atoms with Crippen LogP contribution in [0.5, 0.6) is 0 Å². The molecule has 0 bridgehead atoms. The molecule has 6 heteroatoms. The van der Waals surface area contributed by atoms with Crippen LogP contribution in [0.15, 0.2) is 18.2 Å². The second kappa shape index (κ2) is 5.05. The van der Waals surface area contributed by atoms with E-state index in [1.165, 1.54) is 12.1 Å². The number of amides is 2. The Balaban J connectivity index is 2.49. The molecule has 0 aliphatic carbocycles. The van der Waals surface area contributed by atoms with Crippen LogP contribution in [-0.2, 0) is 9.59 Å². The first-order valence-corrected chi connectivity index (χ1v) is 6.26. The van der Waals surface area contributed by atoms with E-state index < -0.39 is 5.82 Å². The van der Waals surface area contributed by atoms with Crippen molar-refractivity contribution in [3.63, 3.8) is 0 Å². The van der Waals surface area contributed by atoms with Crippen molar-refractivity contribution in [2.75, 3.05) is 4.90 Å². The standard InChI is InChI=1S/C13H13FN2O2S/c1-7-4-11(17)16(12(18)5-7)10-3-2-8(14)6-9(10)13(15)19/h2-3,6-7H,4-5H2,1H3,(H2,15,19). The summed E-state index contributed by atoms with van der Waals surface area (Å²) in [6.45, 7) is 1.84. The number of halogens is 1. The predicted molar refractivity (Wildman–Crippen MR) is 73.2 cm³/mol. The number of anilines is 1. The molecule has 1 aliphatic heterocycles. The summed E-state index contributed by atoms with van der Waals surface area (Å²) in [5.74, 6) is -1.12. The molecule has 0 aromatic heterocycles. The minimum Gasteiger partial charge on any atom is -0.389 e. The number of carbonyl (C=O) groups excluding carboxylic acids is 2. The number of piperidine rings is 1. The molecule has 1 saturated heterocycles. The van der Waals surface area contributed by atoms with E-state index in [0.717, 1.165) is 11.0 Å². The molecule has 1 aliphatic rings. The normalized spacial score (nSPS) is 16.8. The Hall–Kier alpha value is -1.82. The molecule has 1 fully saturated rings. The molecular formula is C13H13FN2O2S. The number of hydrogen-bond donors (Lipinski definition) is 1. The molecule has 0 spiro atoms. The van der Waals surface area contributed by atoms with Crippen LogP contribution in [0.3, 0.4) is 0 Å². The largest absolute Gasteiger partial charge is 0.389 e. The summed E-state index contributed by atoms with van der Waals surface area (Å²) in [5.41, 5.74) is 5.98. The van der Waals surface area contributed by atoms with Gasteiger partial charge in [-0.25, -0.2) is 9.29 Å². The minimum absolute atomic E-state index is 0.0185. The van der Waals surface area contributed by atoms with Crippen molar-refractivity contribution in [2.45, 2.75) is 19.8 Å². The zero-order chi connectivity index (χ0) is 14.2. The molecule has 1 aromatic carbocycles. The highest BCUT2D eigenvalue weighted by Gasteiger charge is 2.33. The molecular weight excluding hydrogens is 267 g/mol. The van der Waals surface area contributed by atoms with Gasteiger partial charge >= 0.3 is 0 Å². The van der Waals surface area contributed by atoms with E-state index in [2.05, 4.69) is 0 Å². The SMILES string of the molecule is CC1CC(=O)N(c2ccc(F)cc2C(N)=S)C(=O)C1. The summed E-state index contributed by atoms with van der Waals surface area (Å²) in [7, 11) is 0. The van der Waals surface area contributed by atoms with Gasteiger partial charge in [0.1, 0.15) is 10.8 Å². The zero-order valence-electron chi connectivity index (χ0n) is 10.4. The molecule has 2 N–H and O–H groups in total. The fourth-order valence-corrected chi connectivity index (χ4v) is 2.32. The quantitative estimate of drug-likeness (QED) is 0.662. The van der Waals surface area contributed by atoms with Crippen LogP contribution in [0.25, 0.3) is 0 Å². The minimum atomic E-state index is -0.517. The first-order valence-electron chi connectivity index (χ1n) is 5.85. The Labute approximate surface area is 115 Å². The van der Waals surface area contributed by atoms with Crippen molar-refractivity contribution in [1.82, 2.24) is 0 Å². The van der Waals surface area contributed by atoms with Crippen LogP contribution in [0.1, 0.15) is 25.3 Å². The molecule has 0 saturated carbocycles. The van der Waals surface area contributed by atoms with Gasteiger partial charge in [-0.1, -0.05) is 19.1 Å². The second-order valence-corrected chi connectivity index (χ2v) is 5.10. The van der Waals surface area contributed by atoms with Crippen LogP contribution in [0, 0.1) is 11.7 Å². The van der Waals surface area contributed by atoms with Crippen molar-refractivity contribution in [3.8, 4) is 0 Å². The van der Waals surface area contributed by atoms with E-state index in [9.17, 15) is 14.0 Å². The van der Waals surface area contributed by atoms with Gasteiger partial charge in [0.15, 0.2) is 0 Å². The average molecular weight is 280 g/mol. The van der Waals surface area contributed by atoms with Crippen LogP contribution in [0.2, 0.25) is 0 Å². The molecule has 4 nitrogen and oxygen atoms in total. The second-order valence-electron chi connectivity index (χ2n) is 4.66. The fourth-order valence-electron chi connectivity index (χ4n) is 2.16. The summed E-state index contributed by atoms with van der Waals surface area (Å²) in [6, 6.07) is 3.67. The summed E-state index contributed by atoms with van der Waals surface area (Å²) in [5, 5.41) is 0. The molecule has 0 radical (unpaired) electrons. The van der Waals surface area contributed by atoms with Crippen molar-refractivity contribution in [3.05, 3.63) is 29.6 Å². The number of hydrogen-bond acceptors (Lipinski definition) is 3. The van der Waals surface area contributed by atoms with Gasteiger partial charge < -0.3 is 5.73 Å². The maximum absolute atomic E-state index is 13.2. The molecule has 0 atom stereocenters. The number of carbonyl (C=O) groups is 2. The molecule has 2 rings (SSSR count). The Morgan fingerprint density at radius 3 is 2.47 bits per heavy atom. The molecule has 2 amide bonds. The number of thiocarbonyl (C=S) groups is 1. The third kappa shape index (κ3) is 2.63. The highest BCUT2D eigenvalue weighted by Crippen LogP contribution is 2.28. The maximum atomic E-state index is 13.2. The van der Waals surface area contributed by atoms with Crippen LogP contribution in [-0.4, -0.2) is 16.8 Å². The number of nitrogens with two attached hydrogens (primary N) is 1. The number of rotatable bonds is 2. The monoisotopic (exact) mass is 280 g/mol. The summed E-state index contributed by atoms with van der Waals surface area (Å²) >= 11 is 4.84. The maximum Gasteiger partial charge on any atom is 0.234 e. The highest BCUT2D eigenvalue weighted by atomic mass is 32.1. The lowest BCUT2D eigenvalue weighted by Crippen LogP contribution is -2.43. The van der Waals surface area contributed by atoms with E-state index in [4.69, 9.17) is 18.0 Å². The predicted octanol–water partition coefficient (Wildman–Crippen LogP) is 1.75. The first-order chi connectivity index (χ1) is 8.90. The summed E-state index contributed by atoms with van der Waals surface area (Å²) in [4.78, 5) is 25.0. The van der Waals surface area contributed by atoms with E-state index in [1.807, 2.05) is 6.92 Å². The van der Waals surface area contributed by atoms with Gasteiger partial charge in [-0.15, -0.1) is 0 Å².